The van der Waals surface area contributed by atoms with Gasteiger partial charge < -0.3 is 14.4 Å². The second-order valence-corrected chi connectivity index (χ2v) is 11.0. The number of aryl methyl sites for hydroxylation is 1. The highest BCUT2D eigenvalue weighted by Crippen LogP contribution is 2.48. The van der Waals surface area contributed by atoms with Gasteiger partial charge in [0.05, 0.1) is 19.4 Å². The monoisotopic (exact) mass is 446 g/mol. The van der Waals surface area contributed by atoms with Crippen LogP contribution in [0.25, 0.3) is 0 Å². The molecule has 0 spiro atoms. The number of fused-ring (bicyclic) bond motifs is 2. The maximum Gasteiger partial charge on any atom is 0.343 e. The van der Waals surface area contributed by atoms with Gasteiger partial charge in [0.15, 0.2) is 5.82 Å². The number of rotatable bonds is 7. The fourth-order valence-electron chi connectivity index (χ4n) is 6.06. The minimum atomic E-state index is -0.701. The minimum Gasteiger partial charge on any atom is -0.465 e. The van der Waals surface area contributed by atoms with Crippen molar-refractivity contribution in [3.8, 4) is 6.01 Å². The number of nitrogens with zero attached hydrogens (tertiary/aromatic N) is 4. The van der Waals surface area contributed by atoms with Gasteiger partial charge in [0.25, 0.3) is 0 Å². The summed E-state index contributed by atoms with van der Waals surface area (Å²) in [5, 5.41) is 0. The molecule has 3 heterocycles. The number of piperidine rings is 1. The van der Waals surface area contributed by atoms with Gasteiger partial charge in [-0.15, -0.1) is 0 Å². The molecule has 8 heteroatoms. The van der Waals surface area contributed by atoms with Crippen molar-refractivity contribution in [1.29, 1.82) is 0 Å². The molecule has 1 aromatic rings. The van der Waals surface area contributed by atoms with Gasteiger partial charge >= 0.3 is 12.0 Å². The Morgan fingerprint density at radius 3 is 2.69 bits per heavy atom. The van der Waals surface area contributed by atoms with E-state index in [0.717, 1.165) is 39.0 Å². The summed E-state index contributed by atoms with van der Waals surface area (Å²) in [4.78, 5) is 26.3. The van der Waals surface area contributed by atoms with Crippen molar-refractivity contribution in [2.24, 2.45) is 16.7 Å². The lowest BCUT2D eigenvalue weighted by molar-refractivity contribution is 0.0598. The molecule has 2 aliphatic heterocycles. The zero-order chi connectivity index (χ0) is 22.5. The highest BCUT2D eigenvalue weighted by atomic mass is 19.1. The lowest BCUT2D eigenvalue weighted by atomic mass is 9.84. The average Bonchev–Trinajstić information content (AvgIpc) is 3.31. The van der Waals surface area contributed by atoms with Gasteiger partial charge in [-0.25, -0.2) is 9.18 Å². The lowest BCUT2D eigenvalue weighted by Crippen LogP contribution is -2.42. The molecule has 176 valence electrons. The summed E-state index contributed by atoms with van der Waals surface area (Å²) in [6.07, 6.45) is 5.78. The first-order valence-electron chi connectivity index (χ1n) is 12.0. The maximum absolute atomic E-state index is 13.6. The molecule has 1 aromatic heterocycles. The summed E-state index contributed by atoms with van der Waals surface area (Å²) in [5.41, 5.74) is 1.36. The largest absolute Gasteiger partial charge is 0.465 e. The number of likely N-dealkylation sites (tertiary alicyclic amines) is 1. The Kier molecular flexibility index (Phi) is 5.55. The lowest BCUT2D eigenvalue weighted by Gasteiger charge is -2.39. The first-order chi connectivity index (χ1) is 15.3. The van der Waals surface area contributed by atoms with Gasteiger partial charge in [-0.2, -0.15) is 9.97 Å². The number of anilines is 1. The van der Waals surface area contributed by atoms with E-state index in [1.54, 1.807) is 0 Å². The summed E-state index contributed by atoms with van der Waals surface area (Å²) >= 11 is 0. The molecular weight excluding hydrogens is 411 g/mol. The highest BCUT2D eigenvalue weighted by molar-refractivity contribution is 5.96. The van der Waals surface area contributed by atoms with Crippen LogP contribution in [0.15, 0.2) is 0 Å². The van der Waals surface area contributed by atoms with Crippen molar-refractivity contribution in [3.63, 3.8) is 0 Å². The molecule has 2 bridgehead atoms. The Balaban J connectivity index is 1.35. The fourth-order valence-corrected chi connectivity index (χ4v) is 6.06. The van der Waals surface area contributed by atoms with Crippen molar-refractivity contribution >= 4 is 11.8 Å². The molecular formula is C24H35FN4O3. The van der Waals surface area contributed by atoms with Crippen LogP contribution < -0.4 is 9.64 Å². The predicted octanol–water partition coefficient (Wildman–Crippen LogP) is 3.40. The zero-order valence-corrected chi connectivity index (χ0v) is 19.5. The molecule has 4 aliphatic rings. The van der Waals surface area contributed by atoms with Crippen LogP contribution in [0.4, 0.5) is 10.2 Å². The average molecular weight is 447 g/mol. The van der Waals surface area contributed by atoms with E-state index in [1.165, 1.54) is 26.4 Å². The number of aromatic nitrogens is 2. The number of halogens is 1. The first-order valence-corrected chi connectivity index (χ1v) is 12.0. The number of hydrogen-bond acceptors (Lipinski definition) is 7. The van der Waals surface area contributed by atoms with Crippen molar-refractivity contribution in [3.05, 3.63) is 11.3 Å². The van der Waals surface area contributed by atoms with Gasteiger partial charge in [0.2, 0.25) is 0 Å². The van der Waals surface area contributed by atoms with E-state index in [2.05, 4.69) is 21.7 Å². The second kappa shape index (κ2) is 8.12. The van der Waals surface area contributed by atoms with E-state index < -0.39 is 12.1 Å². The molecule has 2 saturated carbocycles. The minimum absolute atomic E-state index is 0.0697. The normalized spacial score (nSPS) is 31.1. The molecule has 4 fully saturated rings. The zero-order valence-electron chi connectivity index (χ0n) is 19.5. The van der Waals surface area contributed by atoms with E-state index in [0.29, 0.717) is 48.6 Å². The molecule has 0 N–H and O–H groups in total. The number of hydrogen-bond donors (Lipinski definition) is 0. The Morgan fingerprint density at radius 2 is 2.03 bits per heavy atom. The van der Waals surface area contributed by atoms with E-state index in [-0.39, 0.29) is 10.8 Å². The third kappa shape index (κ3) is 4.30. The summed E-state index contributed by atoms with van der Waals surface area (Å²) in [5.74, 6) is 0.871. The van der Waals surface area contributed by atoms with Crippen LogP contribution in [0, 0.1) is 23.7 Å². The Morgan fingerprint density at radius 1 is 1.22 bits per heavy atom. The molecule has 0 amide bonds. The molecule has 3 atom stereocenters. The van der Waals surface area contributed by atoms with Crippen LogP contribution in [0.3, 0.4) is 0 Å². The number of esters is 1. The van der Waals surface area contributed by atoms with Crippen molar-refractivity contribution in [2.45, 2.75) is 58.5 Å². The van der Waals surface area contributed by atoms with Crippen molar-refractivity contribution in [1.82, 2.24) is 14.9 Å². The van der Waals surface area contributed by atoms with Gasteiger partial charge in [-0.3, -0.25) is 4.90 Å². The van der Waals surface area contributed by atoms with Crippen LogP contribution in [-0.4, -0.2) is 73.4 Å². The standard InChI is InChI=1S/C24H35FN4O3/c1-16-19(21(30)31-3)20(29-11-17-4-6-23(2,10-17)13-29)27-22(26-16)32-15-24(7-8-24)14-28-9-5-18(25)12-28/h17-18H,4-15H2,1-3H3/t17-,18+,23-/m0/s1. The van der Waals surface area contributed by atoms with Gasteiger partial charge in [-0.05, 0) is 56.8 Å². The highest BCUT2D eigenvalue weighted by Gasteiger charge is 2.46. The molecule has 0 unspecified atom stereocenters. The molecule has 2 aliphatic carbocycles. The maximum atomic E-state index is 13.6. The summed E-state index contributed by atoms with van der Waals surface area (Å²) in [6, 6.07) is 0.323. The Labute approximate surface area is 189 Å². The number of alkyl halides is 1. The van der Waals surface area contributed by atoms with E-state index in [4.69, 9.17) is 14.5 Å². The number of carbonyl (C=O) groups is 1. The van der Waals surface area contributed by atoms with E-state index >= 15 is 0 Å². The fraction of sp³-hybridized carbons (Fsp3) is 0.792. The van der Waals surface area contributed by atoms with Crippen LogP contribution >= 0.6 is 0 Å². The van der Waals surface area contributed by atoms with Gasteiger partial charge in [0, 0.05) is 38.1 Å². The first kappa shape index (κ1) is 21.9. The third-order valence-electron chi connectivity index (χ3n) is 7.97. The van der Waals surface area contributed by atoms with Crippen molar-refractivity contribution < 1.29 is 18.7 Å². The number of carbonyl (C=O) groups excluding carboxylic acids is 1. The number of methoxy groups -OCH3 is 1. The molecule has 0 aromatic carbocycles. The summed E-state index contributed by atoms with van der Waals surface area (Å²) in [6.45, 7) is 8.69. The Hall–Kier alpha value is -1.96. The predicted molar refractivity (Wildman–Crippen MR) is 119 cm³/mol. The smallest absolute Gasteiger partial charge is 0.343 e. The third-order valence-corrected chi connectivity index (χ3v) is 7.97. The van der Waals surface area contributed by atoms with Crippen LogP contribution in [0.5, 0.6) is 6.01 Å². The SMILES string of the molecule is COC(=O)c1c(C)nc(OCC2(CN3CC[C@@H](F)C3)CC2)nc1N1C[C@H]2CC[C@@](C)(C2)C1. The summed E-state index contributed by atoms with van der Waals surface area (Å²) < 4.78 is 24.8. The van der Waals surface area contributed by atoms with Gasteiger partial charge in [0.1, 0.15) is 11.7 Å². The van der Waals surface area contributed by atoms with E-state index in [1.807, 2.05) is 6.92 Å². The molecule has 0 radical (unpaired) electrons. The molecule has 2 saturated heterocycles. The quantitative estimate of drug-likeness (QED) is 0.595. The summed E-state index contributed by atoms with van der Waals surface area (Å²) in [7, 11) is 1.40. The van der Waals surface area contributed by atoms with Crippen LogP contribution in [0.1, 0.15) is 61.5 Å². The molecule has 5 rings (SSSR count). The topological polar surface area (TPSA) is 67.8 Å². The molecule has 7 nitrogen and oxygen atoms in total. The Bertz CT molecular complexity index is 892. The van der Waals surface area contributed by atoms with Crippen LogP contribution in [0.2, 0.25) is 0 Å². The van der Waals surface area contributed by atoms with Crippen LogP contribution in [-0.2, 0) is 4.74 Å². The second-order valence-electron chi connectivity index (χ2n) is 11.0. The van der Waals surface area contributed by atoms with Crippen molar-refractivity contribution in [2.75, 3.05) is 51.3 Å². The van der Waals surface area contributed by atoms with E-state index in [9.17, 15) is 9.18 Å². The van der Waals surface area contributed by atoms with Gasteiger partial charge in [-0.1, -0.05) is 6.92 Å². The molecule has 32 heavy (non-hydrogen) atoms. The number of ether oxygens (including phenoxy) is 2.